The Bertz CT molecular complexity index is 580. The number of fused-ring (bicyclic) bond motifs is 1. The predicted molar refractivity (Wildman–Crippen MR) is 69.4 cm³/mol. The molecular formula is C14H16N2O3. The molecule has 2 aromatic rings. The van der Waals surface area contributed by atoms with Crippen LogP contribution in [0, 0.1) is 0 Å². The van der Waals surface area contributed by atoms with Gasteiger partial charge in [0.2, 0.25) is 0 Å². The van der Waals surface area contributed by atoms with Crippen LogP contribution in [0.25, 0.3) is 0 Å². The van der Waals surface area contributed by atoms with Gasteiger partial charge in [0.25, 0.3) is 0 Å². The first-order valence-corrected chi connectivity index (χ1v) is 6.39. The van der Waals surface area contributed by atoms with E-state index in [1.807, 2.05) is 35.9 Å². The molecule has 1 atom stereocenters. The summed E-state index contributed by atoms with van der Waals surface area (Å²) in [6.45, 7) is 3.81. The Morgan fingerprint density at radius 1 is 1.37 bits per heavy atom. The zero-order chi connectivity index (χ0) is 13.2. The summed E-state index contributed by atoms with van der Waals surface area (Å²) in [6, 6.07) is 5.54. The maximum atomic E-state index is 10.5. The molecule has 1 aliphatic heterocycles. The molecule has 1 N–H and O–H groups in total. The van der Waals surface area contributed by atoms with Gasteiger partial charge in [0.15, 0.2) is 11.5 Å². The maximum Gasteiger partial charge on any atom is 0.167 e. The van der Waals surface area contributed by atoms with Crippen LogP contribution in [0.1, 0.15) is 24.4 Å². The molecule has 2 heterocycles. The molecular weight excluding hydrogens is 244 g/mol. The van der Waals surface area contributed by atoms with E-state index < -0.39 is 6.10 Å². The Balaban J connectivity index is 2.02. The molecule has 3 rings (SSSR count). The zero-order valence-corrected chi connectivity index (χ0v) is 10.7. The molecule has 1 aliphatic rings. The quantitative estimate of drug-likeness (QED) is 0.913. The number of aromatic nitrogens is 2. The molecule has 1 aromatic heterocycles. The van der Waals surface area contributed by atoms with Gasteiger partial charge in [-0.2, -0.15) is 0 Å². The van der Waals surface area contributed by atoms with Crippen LogP contribution in [0.4, 0.5) is 0 Å². The van der Waals surface area contributed by atoms with Crippen LogP contribution in [-0.2, 0) is 6.54 Å². The van der Waals surface area contributed by atoms with Gasteiger partial charge < -0.3 is 19.1 Å². The second kappa shape index (κ2) is 4.93. The van der Waals surface area contributed by atoms with Crippen molar-refractivity contribution in [2.75, 3.05) is 13.2 Å². The largest absolute Gasteiger partial charge is 0.486 e. The first kappa shape index (κ1) is 12.0. The molecule has 0 bridgehead atoms. The third-order valence-electron chi connectivity index (χ3n) is 3.22. The van der Waals surface area contributed by atoms with E-state index in [1.54, 1.807) is 6.20 Å². The monoisotopic (exact) mass is 260 g/mol. The normalized spacial score (nSPS) is 15.3. The van der Waals surface area contributed by atoms with Crippen LogP contribution in [0.3, 0.4) is 0 Å². The van der Waals surface area contributed by atoms with Crippen molar-refractivity contribution in [3.63, 3.8) is 0 Å². The van der Waals surface area contributed by atoms with Gasteiger partial charge in [0.1, 0.15) is 25.1 Å². The SMILES string of the molecule is CCn1ccnc1C(O)c1cccc2c1OCCO2. The smallest absolute Gasteiger partial charge is 0.167 e. The molecule has 5 nitrogen and oxygen atoms in total. The lowest BCUT2D eigenvalue weighted by molar-refractivity contribution is 0.155. The van der Waals surface area contributed by atoms with Crippen LogP contribution in [0.5, 0.6) is 11.5 Å². The number of ether oxygens (including phenoxy) is 2. The fourth-order valence-corrected chi connectivity index (χ4v) is 2.29. The number of imidazole rings is 1. The highest BCUT2D eigenvalue weighted by molar-refractivity contribution is 5.49. The molecule has 0 fully saturated rings. The summed E-state index contributed by atoms with van der Waals surface area (Å²) in [6.07, 6.45) is 2.73. The number of hydrogen-bond acceptors (Lipinski definition) is 4. The molecule has 100 valence electrons. The average molecular weight is 260 g/mol. The fraction of sp³-hybridized carbons (Fsp3) is 0.357. The summed E-state index contributed by atoms with van der Waals surface area (Å²) in [7, 11) is 0. The number of para-hydroxylation sites is 1. The molecule has 0 amide bonds. The van der Waals surface area contributed by atoms with Crippen LogP contribution in [0.15, 0.2) is 30.6 Å². The molecule has 1 unspecified atom stereocenters. The number of aliphatic hydroxyl groups is 1. The van der Waals surface area contributed by atoms with Gasteiger partial charge in [-0.05, 0) is 13.0 Å². The van der Waals surface area contributed by atoms with Crippen molar-refractivity contribution in [3.05, 3.63) is 42.0 Å². The third kappa shape index (κ3) is 2.06. The van der Waals surface area contributed by atoms with Crippen molar-refractivity contribution in [3.8, 4) is 11.5 Å². The van der Waals surface area contributed by atoms with E-state index in [-0.39, 0.29) is 0 Å². The standard InChI is InChI=1S/C14H16N2O3/c1-2-16-7-6-15-14(16)12(17)10-4-3-5-11-13(10)19-9-8-18-11/h3-7,12,17H,2,8-9H2,1H3. The molecule has 0 saturated heterocycles. The maximum absolute atomic E-state index is 10.5. The number of rotatable bonds is 3. The van der Waals surface area contributed by atoms with Crippen LogP contribution >= 0.6 is 0 Å². The summed E-state index contributed by atoms with van der Waals surface area (Å²) in [5.74, 6) is 1.91. The Labute approximate surface area is 111 Å². The van der Waals surface area contributed by atoms with E-state index >= 15 is 0 Å². The minimum absolute atomic E-state index is 0.499. The molecule has 5 heteroatoms. The number of aryl methyl sites for hydroxylation is 1. The minimum Gasteiger partial charge on any atom is -0.486 e. The Hall–Kier alpha value is -2.01. The molecule has 0 radical (unpaired) electrons. The number of aliphatic hydroxyl groups excluding tert-OH is 1. The van der Waals surface area contributed by atoms with Crippen molar-refractivity contribution < 1.29 is 14.6 Å². The highest BCUT2D eigenvalue weighted by atomic mass is 16.6. The zero-order valence-electron chi connectivity index (χ0n) is 10.7. The second-order valence-corrected chi connectivity index (χ2v) is 4.35. The second-order valence-electron chi connectivity index (χ2n) is 4.35. The van der Waals surface area contributed by atoms with Crippen LogP contribution in [-0.4, -0.2) is 27.9 Å². The third-order valence-corrected chi connectivity index (χ3v) is 3.22. The first-order valence-electron chi connectivity index (χ1n) is 6.39. The lowest BCUT2D eigenvalue weighted by Crippen LogP contribution is -2.18. The lowest BCUT2D eigenvalue weighted by Gasteiger charge is -2.23. The average Bonchev–Trinajstić information content (AvgIpc) is 2.94. The van der Waals surface area contributed by atoms with Gasteiger partial charge in [-0.15, -0.1) is 0 Å². The number of nitrogens with zero attached hydrogens (tertiary/aromatic N) is 2. The van der Waals surface area contributed by atoms with Crippen LogP contribution < -0.4 is 9.47 Å². The predicted octanol–water partition coefficient (Wildman–Crippen LogP) is 1.76. The number of hydrogen-bond donors (Lipinski definition) is 1. The fourth-order valence-electron chi connectivity index (χ4n) is 2.29. The van der Waals surface area contributed by atoms with Crippen molar-refractivity contribution in [1.29, 1.82) is 0 Å². The molecule has 19 heavy (non-hydrogen) atoms. The highest BCUT2D eigenvalue weighted by Gasteiger charge is 2.24. The van der Waals surface area contributed by atoms with Gasteiger partial charge in [0, 0.05) is 24.5 Å². The van der Waals surface area contributed by atoms with E-state index in [0.717, 1.165) is 6.54 Å². The lowest BCUT2D eigenvalue weighted by atomic mass is 10.1. The van der Waals surface area contributed by atoms with Gasteiger partial charge >= 0.3 is 0 Å². The van der Waals surface area contributed by atoms with Gasteiger partial charge in [-0.25, -0.2) is 4.98 Å². The first-order chi connectivity index (χ1) is 9.31. The molecule has 1 aromatic carbocycles. The summed E-state index contributed by atoms with van der Waals surface area (Å²) < 4.78 is 13.1. The highest BCUT2D eigenvalue weighted by Crippen LogP contribution is 2.38. The van der Waals surface area contributed by atoms with Crippen molar-refractivity contribution in [1.82, 2.24) is 9.55 Å². The summed E-state index contributed by atoms with van der Waals surface area (Å²) in [5.41, 5.74) is 0.693. The van der Waals surface area contributed by atoms with E-state index in [2.05, 4.69) is 4.98 Å². The Morgan fingerprint density at radius 2 is 2.21 bits per heavy atom. The van der Waals surface area contributed by atoms with E-state index in [1.165, 1.54) is 0 Å². The van der Waals surface area contributed by atoms with Crippen molar-refractivity contribution in [2.45, 2.75) is 19.6 Å². The topological polar surface area (TPSA) is 56.5 Å². The Morgan fingerprint density at radius 3 is 3.05 bits per heavy atom. The van der Waals surface area contributed by atoms with E-state index in [0.29, 0.717) is 36.1 Å². The number of benzene rings is 1. The summed E-state index contributed by atoms with van der Waals surface area (Å²) >= 11 is 0. The minimum atomic E-state index is -0.813. The van der Waals surface area contributed by atoms with Gasteiger partial charge in [-0.3, -0.25) is 0 Å². The molecule has 0 aliphatic carbocycles. The molecule has 0 spiro atoms. The van der Waals surface area contributed by atoms with Gasteiger partial charge in [-0.1, -0.05) is 12.1 Å². The summed E-state index contributed by atoms with van der Waals surface area (Å²) in [4.78, 5) is 4.23. The van der Waals surface area contributed by atoms with Gasteiger partial charge in [0.05, 0.1) is 0 Å². The van der Waals surface area contributed by atoms with E-state index in [4.69, 9.17) is 9.47 Å². The van der Waals surface area contributed by atoms with Crippen LogP contribution in [0.2, 0.25) is 0 Å². The van der Waals surface area contributed by atoms with Crippen molar-refractivity contribution in [2.24, 2.45) is 0 Å². The van der Waals surface area contributed by atoms with E-state index in [9.17, 15) is 5.11 Å². The summed E-state index contributed by atoms with van der Waals surface area (Å²) in [5, 5.41) is 10.5. The Kier molecular flexibility index (Phi) is 3.13. The molecule has 0 saturated carbocycles. The van der Waals surface area contributed by atoms with Crippen molar-refractivity contribution >= 4 is 0 Å².